The highest BCUT2D eigenvalue weighted by molar-refractivity contribution is 7.25. The summed E-state index contributed by atoms with van der Waals surface area (Å²) in [7, 11) is 0.641. The van der Waals surface area contributed by atoms with E-state index >= 15 is 0 Å². The van der Waals surface area contributed by atoms with E-state index in [1.807, 2.05) is 11.3 Å². The van der Waals surface area contributed by atoms with Gasteiger partial charge in [0.05, 0.1) is 27.8 Å². The highest BCUT2D eigenvalue weighted by Gasteiger charge is 2.42. The second kappa shape index (κ2) is 14.8. The summed E-state index contributed by atoms with van der Waals surface area (Å²) < 4.78 is 19.9. The van der Waals surface area contributed by atoms with Gasteiger partial charge in [-0.25, -0.2) is 0 Å². The summed E-state index contributed by atoms with van der Waals surface area (Å²) >= 11 is 1.94. The van der Waals surface area contributed by atoms with Crippen LogP contribution in [0.15, 0.2) is 112 Å². The maximum absolute atomic E-state index is 7.43. The molecule has 0 amide bonds. The Morgan fingerprint density at radius 2 is 1.11 bits per heavy atom. The maximum Gasteiger partial charge on any atom is 0.244 e. The van der Waals surface area contributed by atoms with Crippen LogP contribution in [0, 0.1) is 0 Å². The van der Waals surface area contributed by atoms with Crippen LogP contribution in [0.1, 0.15) is 156 Å². The number of para-hydroxylation sites is 1. The fourth-order valence-corrected chi connectivity index (χ4v) is 15.0. The molecule has 0 saturated heterocycles. The molecule has 0 fully saturated rings. The lowest BCUT2D eigenvalue weighted by Gasteiger charge is -2.42. The molecule has 4 nitrogen and oxygen atoms in total. The van der Waals surface area contributed by atoms with Crippen molar-refractivity contribution in [3.05, 3.63) is 137 Å². The highest BCUT2D eigenvalue weighted by atomic mass is 32.1. The molecule has 0 bridgehead atoms. The topological polar surface area (TPSA) is 43.2 Å². The van der Waals surface area contributed by atoms with Crippen molar-refractivity contribution in [2.75, 3.05) is 5.32 Å². The molecule has 372 valence electrons. The summed E-state index contributed by atoms with van der Waals surface area (Å²) in [5.74, 6) is 0. The van der Waals surface area contributed by atoms with Crippen molar-refractivity contribution in [2.24, 2.45) is 0 Å². The molecule has 0 radical (unpaired) electrons. The quantitative estimate of drug-likeness (QED) is 0.179. The average molecular weight is 989 g/mol. The summed E-state index contributed by atoms with van der Waals surface area (Å²) in [4.78, 5) is 0. The Bertz CT molecular complexity index is 4260. The van der Waals surface area contributed by atoms with Crippen LogP contribution in [0.25, 0.3) is 91.7 Å². The van der Waals surface area contributed by atoms with Crippen LogP contribution in [0.2, 0.25) is 0 Å². The van der Waals surface area contributed by atoms with Crippen LogP contribution in [0.3, 0.4) is 0 Å². The monoisotopic (exact) mass is 989 g/mol. The zero-order valence-electron chi connectivity index (χ0n) is 46.0. The first kappa shape index (κ1) is 46.3. The van der Waals surface area contributed by atoms with Crippen LogP contribution in [0.4, 0.5) is 11.4 Å². The number of rotatable bonds is 3. The van der Waals surface area contributed by atoms with Crippen LogP contribution in [-0.4, -0.2) is 11.8 Å². The largest absolute Gasteiger partial charge is 0.469 e. The first-order chi connectivity index (χ1) is 34.9. The molecule has 14 rings (SSSR count). The van der Waals surface area contributed by atoms with Gasteiger partial charge in [0, 0.05) is 58.7 Å². The molecule has 2 aliphatic carbocycles. The fraction of sp³-hybridized carbons (Fsp3) is 0.353. The zero-order chi connectivity index (χ0) is 51.6. The number of fused-ring (bicyclic) bond motifs is 16. The smallest absolute Gasteiger partial charge is 0.244 e. The molecule has 1 aliphatic heterocycles. The minimum absolute atomic E-state index is 0.0163. The van der Waals surface area contributed by atoms with Crippen molar-refractivity contribution < 1.29 is 8.83 Å². The van der Waals surface area contributed by atoms with Crippen molar-refractivity contribution in [3.63, 3.8) is 0 Å². The molecular weight excluding hydrogens is 920 g/mol. The van der Waals surface area contributed by atoms with E-state index in [0.29, 0.717) is 7.28 Å². The summed E-state index contributed by atoms with van der Waals surface area (Å²) in [5.41, 5.74) is 22.0. The molecule has 7 aromatic carbocycles. The zero-order valence-corrected chi connectivity index (χ0v) is 46.8. The minimum atomic E-state index is -0.0342. The van der Waals surface area contributed by atoms with Crippen molar-refractivity contribution >= 4 is 116 Å². The molecule has 3 aliphatic rings. The minimum Gasteiger partial charge on any atom is -0.469 e. The third-order valence-corrected chi connectivity index (χ3v) is 19.8. The second-order valence-electron chi connectivity index (χ2n) is 27.5. The van der Waals surface area contributed by atoms with Gasteiger partial charge in [0.1, 0.15) is 16.7 Å². The number of anilines is 2. The van der Waals surface area contributed by atoms with Gasteiger partial charge in [-0.1, -0.05) is 133 Å². The van der Waals surface area contributed by atoms with Gasteiger partial charge in [-0.05, 0) is 169 Å². The van der Waals surface area contributed by atoms with E-state index in [1.165, 1.54) is 121 Å². The lowest BCUT2D eigenvalue weighted by Crippen LogP contribution is -2.36. The third kappa shape index (κ3) is 6.52. The molecule has 0 unspecified atom stereocenters. The van der Waals surface area contributed by atoms with Gasteiger partial charge in [-0.2, -0.15) is 0 Å². The van der Waals surface area contributed by atoms with Crippen LogP contribution in [-0.2, 0) is 32.5 Å². The summed E-state index contributed by atoms with van der Waals surface area (Å²) in [6.07, 6.45) is 4.65. The number of aromatic nitrogens is 1. The number of furan rings is 2. The highest BCUT2D eigenvalue weighted by Crippen LogP contribution is 2.54. The van der Waals surface area contributed by atoms with E-state index in [0.717, 1.165) is 52.0 Å². The van der Waals surface area contributed by atoms with E-state index in [1.54, 1.807) is 0 Å². The predicted octanol–water partition coefficient (Wildman–Crippen LogP) is 18.2. The molecule has 11 aromatic rings. The Kier molecular flexibility index (Phi) is 9.25. The van der Waals surface area contributed by atoms with Gasteiger partial charge < -0.3 is 18.7 Å². The van der Waals surface area contributed by atoms with Crippen molar-refractivity contribution in [1.82, 2.24) is 4.57 Å². The Hall–Kier alpha value is -6.24. The normalized spacial score (nSPS) is 17.6. The van der Waals surface area contributed by atoms with Gasteiger partial charge in [-0.15, -0.1) is 11.3 Å². The van der Waals surface area contributed by atoms with Gasteiger partial charge in [0.25, 0.3) is 0 Å². The van der Waals surface area contributed by atoms with Gasteiger partial charge in [-0.3, -0.25) is 0 Å². The molecule has 6 heteroatoms. The van der Waals surface area contributed by atoms with E-state index in [4.69, 9.17) is 8.83 Å². The van der Waals surface area contributed by atoms with E-state index in [2.05, 4.69) is 210 Å². The molecule has 5 heterocycles. The summed E-state index contributed by atoms with van der Waals surface area (Å²) in [5, 5.41) is 12.7. The fourth-order valence-electron chi connectivity index (χ4n) is 13.8. The van der Waals surface area contributed by atoms with E-state index in [9.17, 15) is 0 Å². The number of nitrogens with zero attached hydrogens (tertiary/aromatic N) is 1. The summed E-state index contributed by atoms with van der Waals surface area (Å²) in [6.45, 7) is 33.4. The lowest BCUT2D eigenvalue weighted by atomic mass is 9.61. The van der Waals surface area contributed by atoms with Crippen molar-refractivity contribution in [1.29, 1.82) is 0 Å². The Morgan fingerprint density at radius 3 is 1.77 bits per heavy atom. The lowest BCUT2D eigenvalue weighted by molar-refractivity contribution is 0.332. The first-order valence-electron chi connectivity index (χ1n) is 27.4. The standard InChI is InChI=1S/C68H69BN2O2S/c1-63(2,3)36-19-22-38(23-20-36)70-49-35-54-40(41-31-45-48(34-53(41)74-54)68(13,14)28-26-65(45,7)8)30-42(49)55-56-39-17-15-16-18-51(39)72-61(56)57-43-32-46-47(67(11,12)27-25-66(46,9)10)33-50(43)71-59-44-29-37(64(4,5)6)21-24-52(44)73-62(59)69-58(55)60(57)71/h15-24,29-35,69-70H,25-28H2,1-14H3. The van der Waals surface area contributed by atoms with E-state index < -0.39 is 0 Å². The second-order valence-corrected chi connectivity index (χ2v) is 28.6. The molecular formula is C68H69BN2O2S. The van der Waals surface area contributed by atoms with Gasteiger partial charge in [0.2, 0.25) is 7.28 Å². The molecule has 74 heavy (non-hydrogen) atoms. The Morgan fingerprint density at radius 1 is 0.541 bits per heavy atom. The number of benzene rings is 7. The predicted molar refractivity (Wildman–Crippen MR) is 320 cm³/mol. The average Bonchev–Trinajstić information content (AvgIpc) is 4.11. The van der Waals surface area contributed by atoms with Crippen LogP contribution in [0.5, 0.6) is 0 Å². The maximum atomic E-state index is 7.43. The number of nitrogens with one attached hydrogen (secondary N) is 1. The first-order valence-corrected chi connectivity index (χ1v) is 28.2. The molecule has 1 N–H and O–H groups in total. The van der Waals surface area contributed by atoms with Gasteiger partial charge in [0.15, 0.2) is 0 Å². The molecule has 0 saturated carbocycles. The molecule has 0 spiro atoms. The Balaban J connectivity index is 1.16. The van der Waals surface area contributed by atoms with Crippen LogP contribution < -0.4 is 16.4 Å². The Labute approximate surface area is 440 Å². The van der Waals surface area contributed by atoms with Crippen molar-refractivity contribution in [3.8, 4) is 16.8 Å². The molecule has 0 atom stereocenters. The van der Waals surface area contributed by atoms with Crippen LogP contribution >= 0.6 is 11.3 Å². The van der Waals surface area contributed by atoms with Gasteiger partial charge >= 0.3 is 0 Å². The number of hydrogen-bond acceptors (Lipinski definition) is 4. The summed E-state index contributed by atoms with van der Waals surface area (Å²) in [6, 6.07) is 40.1. The molecule has 4 aromatic heterocycles. The van der Waals surface area contributed by atoms with E-state index in [-0.39, 0.29) is 32.5 Å². The third-order valence-electron chi connectivity index (χ3n) is 18.6. The van der Waals surface area contributed by atoms with Crippen molar-refractivity contribution in [2.45, 2.75) is 155 Å². The number of thiophene rings is 1. The SMILES string of the molecule is CC(C)(C)c1ccc(Nc2cc3sc4cc5c(cc4c3cc2-c2c3c4c(c6cc7c(cc6n4-c4c(oc6ccc(C(C)(C)C)cc46)B3)C(C)(C)CCC7(C)C)c3oc4ccccc4c23)C(C)(C)CCC5(C)C)cc1. The number of hydrogen-bond donors (Lipinski definition) is 1.